The summed E-state index contributed by atoms with van der Waals surface area (Å²) in [6.45, 7) is 0.0426. The summed E-state index contributed by atoms with van der Waals surface area (Å²) >= 11 is 7.52. The molecule has 1 fully saturated rings. The largest absolute Gasteiger partial charge is 0.395 e. The third-order valence-electron chi connectivity index (χ3n) is 3.16. The topological polar surface area (TPSA) is 113 Å². The lowest BCUT2D eigenvalue weighted by molar-refractivity contribution is 0.289. The number of imidazole rings is 1. The Hall–Kier alpha value is -1.54. The Balaban J connectivity index is 2.05. The van der Waals surface area contributed by atoms with Crippen LogP contribution in [0.3, 0.4) is 0 Å². The fourth-order valence-corrected chi connectivity index (χ4v) is 3.88. The number of rotatable bonds is 3. The summed E-state index contributed by atoms with van der Waals surface area (Å²) in [7, 11) is 0. The number of thioether (sulfide) groups is 1. The molecule has 0 unspecified atom stereocenters. The van der Waals surface area contributed by atoms with Crippen LogP contribution in [0.15, 0.2) is 17.8 Å². The Morgan fingerprint density at radius 2 is 2.40 bits per heavy atom. The van der Waals surface area contributed by atoms with Crippen molar-refractivity contribution in [3.8, 4) is 0 Å². The molecule has 0 bridgehead atoms. The molecule has 10 heteroatoms. The molecule has 0 aromatic carbocycles. The summed E-state index contributed by atoms with van der Waals surface area (Å²) in [4.78, 5) is 15.2. The first kappa shape index (κ1) is 13.4. The molecule has 0 amide bonds. The Kier molecular flexibility index (Phi) is 3.66. The van der Waals surface area contributed by atoms with Crippen LogP contribution in [0.2, 0.25) is 5.15 Å². The maximum absolute atomic E-state index is 9.30. The lowest BCUT2D eigenvalue weighted by Crippen LogP contribution is -2.14. The van der Waals surface area contributed by atoms with Crippen molar-refractivity contribution >= 4 is 34.5 Å². The SMILES string of the molecule is [N-]=[N+]=N[C@H]1C[C@H](CO)S[C@@H]1n1cnc2c(Cl)ncnc21. The Bertz CT molecular complexity index is 685. The van der Waals surface area contributed by atoms with Gasteiger partial charge < -0.3 is 9.67 Å². The zero-order valence-electron chi connectivity index (χ0n) is 10.2. The average molecular weight is 312 g/mol. The molecule has 0 saturated carbocycles. The van der Waals surface area contributed by atoms with E-state index in [0.29, 0.717) is 17.6 Å². The standard InChI is InChI=1S/C10H10ClN7OS/c11-8-7-9(14-3-13-8)18(4-15-7)10-6(16-17-12)1-5(2-19)20-10/h3-6,10,19H,1-2H2/t5-,6+,10+/m1/s1. The number of hydrogen-bond acceptors (Lipinski definition) is 6. The minimum atomic E-state index is -0.256. The minimum absolute atomic E-state index is 0.0326. The van der Waals surface area contributed by atoms with Gasteiger partial charge in [-0.3, -0.25) is 0 Å². The molecule has 104 valence electrons. The molecule has 1 aliphatic heterocycles. The summed E-state index contributed by atoms with van der Waals surface area (Å²) in [6, 6.07) is -0.256. The van der Waals surface area contributed by atoms with E-state index in [0.717, 1.165) is 0 Å². The van der Waals surface area contributed by atoms with Crippen molar-refractivity contribution in [2.24, 2.45) is 5.11 Å². The number of hydrogen-bond donors (Lipinski definition) is 1. The van der Waals surface area contributed by atoms with Gasteiger partial charge in [-0.05, 0) is 12.0 Å². The monoisotopic (exact) mass is 311 g/mol. The smallest absolute Gasteiger partial charge is 0.165 e. The molecule has 0 spiro atoms. The van der Waals surface area contributed by atoms with E-state index in [1.807, 2.05) is 4.57 Å². The van der Waals surface area contributed by atoms with E-state index >= 15 is 0 Å². The fraction of sp³-hybridized carbons (Fsp3) is 0.500. The van der Waals surface area contributed by atoms with E-state index in [4.69, 9.17) is 17.1 Å². The number of aromatic nitrogens is 4. The second kappa shape index (κ2) is 5.45. The van der Waals surface area contributed by atoms with E-state index < -0.39 is 0 Å². The zero-order valence-corrected chi connectivity index (χ0v) is 11.7. The molecule has 3 atom stereocenters. The van der Waals surface area contributed by atoms with Crippen molar-refractivity contribution < 1.29 is 5.11 Å². The highest BCUT2D eigenvalue weighted by Crippen LogP contribution is 2.44. The van der Waals surface area contributed by atoms with E-state index in [-0.39, 0.29) is 28.4 Å². The number of nitrogens with zero attached hydrogens (tertiary/aromatic N) is 7. The normalized spacial score (nSPS) is 25.8. The van der Waals surface area contributed by atoms with Crippen molar-refractivity contribution in [2.45, 2.75) is 23.1 Å². The third kappa shape index (κ3) is 2.18. The van der Waals surface area contributed by atoms with Crippen LogP contribution in [0.25, 0.3) is 21.6 Å². The zero-order chi connectivity index (χ0) is 14.1. The summed E-state index contributed by atoms with van der Waals surface area (Å²) in [5, 5.41) is 13.3. The highest BCUT2D eigenvalue weighted by molar-refractivity contribution is 8.00. The summed E-state index contributed by atoms with van der Waals surface area (Å²) in [5.41, 5.74) is 9.79. The Morgan fingerprint density at radius 1 is 1.55 bits per heavy atom. The first-order chi connectivity index (χ1) is 9.74. The second-order valence-electron chi connectivity index (χ2n) is 4.33. The summed E-state index contributed by atoms with van der Waals surface area (Å²) in [6.07, 6.45) is 3.60. The van der Waals surface area contributed by atoms with Crippen molar-refractivity contribution in [1.82, 2.24) is 19.5 Å². The van der Waals surface area contributed by atoms with Crippen molar-refractivity contribution in [1.29, 1.82) is 0 Å². The molecule has 0 aliphatic carbocycles. The molecule has 3 rings (SSSR count). The number of fused-ring (bicyclic) bond motifs is 1. The Morgan fingerprint density at radius 3 is 3.15 bits per heavy atom. The predicted octanol–water partition coefficient (Wildman–Crippen LogP) is 2.15. The van der Waals surface area contributed by atoms with E-state index in [9.17, 15) is 5.11 Å². The molecule has 20 heavy (non-hydrogen) atoms. The van der Waals surface area contributed by atoms with Gasteiger partial charge in [0.15, 0.2) is 10.8 Å². The molecular formula is C10H10ClN7OS. The van der Waals surface area contributed by atoms with Gasteiger partial charge in [0, 0.05) is 10.2 Å². The second-order valence-corrected chi connectivity index (χ2v) is 6.11. The maximum atomic E-state index is 9.30. The van der Waals surface area contributed by atoms with Gasteiger partial charge in [0.25, 0.3) is 0 Å². The molecule has 8 nitrogen and oxygen atoms in total. The van der Waals surface area contributed by atoms with Gasteiger partial charge in [0.05, 0.1) is 24.3 Å². The van der Waals surface area contributed by atoms with Crippen LogP contribution in [0.5, 0.6) is 0 Å². The molecule has 1 aliphatic rings. The van der Waals surface area contributed by atoms with Crippen molar-refractivity contribution in [3.05, 3.63) is 28.3 Å². The molecular weight excluding hydrogens is 302 g/mol. The van der Waals surface area contributed by atoms with Crippen LogP contribution in [0.4, 0.5) is 0 Å². The minimum Gasteiger partial charge on any atom is -0.395 e. The maximum Gasteiger partial charge on any atom is 0.165 e. The highest BCUT2D eigenvalue weighted by Gasteiger charge is 2.36. The van der Waals surface area contributed by atoms with E-state index in [1.165, 1.54) is 6.33 Å². The van der Waals surface area contributed by atoms with Crippen LogP contribution in [-0.4, -0.2) is 42.5 Å². The lowest BCUT2D eigenvalue weighted by atomic mass is 10.2. The van der Waals surface area contributed by atoms with Gasteiger partial charge in [-0.1, -0.05) is 16.7 Å². The first-order valence-corrected chi connectivity index (χ1v) is 7.20. The van der Waals surface area contributed by atoms with Crippen LogP contribution in [-0.2, 0) is 0 Å². The van der Waals surface area contributed by atoms with E-state index in [2.05, 4.69) is 25.0 Å². The van der Waals surface area contributed by atoms with Gasteiger partial charge in [-0.2, -0.15) is 0 Å². The van der Waals surface area contributed by atoms with Crippen molar-refractivity contribution in [3.63, 3.8) is 0 Å². The summed E-state index contributed by atoms with van der Waals surface area (Å²) < 4.78 is 1.82. The van der Waals surface area contributed by atoms with Gasteiger partial charge in [0.2, 0.25) is 0 Å². The number of halogens is 1. The van der Waals surface area contributed by atoms with Gasteiger partial charge in [0.1, 0.15) is 11.8 Å². The number of aliphatic hydroxyl groups excluding tert-OH is 1. The molecule has 0 radical (unpaired) electrons. The quantitative estimate of drug-likeness (QED) is 0.404. The number of azide groups is 1. The average Bonchev–Trinajstić information content (AvgIpc) is 3.03. The molecule has 1 N–H and O–H groups in total. The molecule has 2 aromatic rings. The third-order valence-corrected chi connectivity index (χ3v) is 4.98. The summed E-state index contributed by atoms with van der Waals surface area (Å²) in [5.74, 6) is 0. The lowest BCUT2D eigenvalue weighted by Gasteiger charge is -2.16. The van der Waals surface area contributed by atoms with Gasteiger partial charge >= 0.3 is 0 Å². The van der Waals surface area contributed by atoms with Crippen LogP contribution < -0.4 is 0 Å². The molecule has 1 saturated heterocycles. The first-order valence-electron chi connectivity index (χ1n) is 5.88. The van der Waals surface area contributed by atoms with Gasteiger partial charge in [-0.15, -0.1) is 11.8 Å². The highest BCUT2D eigenvalue weighted by atomic mass is 35.5. The van der Waals surface area contributed by atoms with Crippen LogP contribution in [0, 0.1) is 0 Å². The molecule has 2 aromatic heterocycles. The van der Waals surface area contributed by atoms with Crippen LogP contribution >= 0.6 is 23.4 Å². The van der Waals surface area contributed by atoms with Gasteiger partial charge in [-0.25, -0.2) is 15.0 Å². The number of aliphatic hydroxyl groups is 1. The van der Waals surface area contributed by atoms with Crippen molar-refractivity contribution in [2.75, 3.05) is 6.61 Å². The van der Waals surface area contributed by atoms with E-state index in [1.54, 1.807) is 18.1 Å². The molecule has 3 heterocycles. The predicted molar refractivity (Wildman–Crippen MR) is 75.4 cm³/mol. The van der Waals surface area contributed by atoms with Crippen LogP contribution in [0.1, 0.15) is 11.8 Å². The Labute approximate surface area is 122 Å². The fourth-order valence-electron chi connectivity index (χ4n) is 2.28.